The number of rotatable bonds is 9. The maximum Gasteiger partial charge on any atom is 0.284 e. The van der Waals surface area contributed by atoms with Crippen molar-refractivity contribution < 1.29 is 23.1 Å². The second-order valence-electron chi connectivity index (χ2n) is 7.41. The van der Waals surface area contributed by atoms with Crippen molar-refractivity contribution in [3.05, 3.63) is 55.2 Å². The van der Waals surface area contributed by atoms with E-state index in [1.54, 1.807) is 26.4 Å². The third kappa shape index (κ3) is 6.33. The largest absolute Gasteiger partial charge is 0.384 e. The van der Waals surface area contributed by atoms with Gasteiger partial charge in [-0.05, 0) is 52.3 Å². The molecule has 2 aromatic rings. The van der Waals surface area contributed by atoms with Crippen molar-refractivity contribution in [1.29, 1.82) is 0 Å². The minimum atomic E-state index is -4.30. The number of thioether (sulfide) groups is 2. The van der Waals surface area contributed by atoms with Crippen LogP contribution in [0.5, 0.6) is 0 Å². The maximum absolute atomic E-state index is 13.5. The average Bonchev–Trinajstić information content (AvgIpc) is 3.08. The SMILES string of the molecule is CSC(SC)=C(C(=O)c1cccc(S(=O)(=O)N=C(N)C(C)(C)O)c1)C(=O)c1sc(C)nc1C. The minimum Gasteiger partial charge on any atom is -0.384 e. The number of Topliss-reactive ketones (excluding diaryl/α,β-unsaturated/α-hetero) is 2. The number of aromatic nitrogens is 1. The average molecular weight is 528 g/mol. The number of nitrogens with zero attached hydrogens (tertiary/aromatic N) is 2. The van der Waals surface area contributed by atoms with Gasteiger partial charge in [0.05, 0.1) is 30.3 Å². The lowest BCUT2D eigenvalue weighted by atomic mass is 10.00. The molecule has 1 aromatic heterocycles. The standard InChI is InChI=1S/C21H25N3O5S4/c1-11-18(32-12(2)23-11)17(26)15(19(30-5)31-6)16(25)13-8-7-9-14(10-13)33(28,29)24-20(22)21(3,4)27/h7-10,27H,1-6H3,(H2,22,24). The summed E-state index contributed by atoms with van der Waals surface area (Å²) in [5.74, 6) is -1.56. The highest BCUT2D eigenvalue weighted by Gasteiger charge is 2.29. The number of sulfonamides is 1. The van der Waals surface area contributed by atoms with Crippen LogP contribution in [0.15, 0.2) is 43.4 Å². The summed E-state index contributed by atoms with van der Waals surface area (Å²) >= 11 is 3.72. The summed E-state index contributed by atoms with van der Waals surface area (Å²) in [7, 11) is -4.30. The fourth-order valence-corrected chi connectivity index (χ4v) is 6.09. The Kier molecular flexibility index (Phi) is 8.68. The normalized spacial score (nSPS) is 12.5. The van der Waals surface area contributed by atoms with Gasteiger partial charge in [0.2, 0.25) is 5.78 Å². The Morgan fingerprint density at radius 2 is 1.76 bits per heavy atom. The molecule has 1 heterocycles. The quantitative estimate of drug-likeness (QED) is 0.125. The molecule has 33 heavy (non-hydrogen) atoms. The molecule has 2 rings (SSSR count). The fourth-order valence-electron chi connectivity index (χ4n) is 2.67. The van der Waals surface area contributed by atoms with Gasteiger partial charge in [0.25, 0.3) is 10.0 Å². The number of carbonyl (C=O) groups excluding carboxylic acids is 2. The van der Waals surface area contributed by atoms with Crippen molar-refractivity contribution in [2.24, 2.45) is 10.1 Å². The number of allylic oxidation sites excluding steroid dienone is 1. The molecule has 12 heteroatoms. The van der Waals surface area contributed by atoms with E-state index in [-0.39, 0.29) is 16.0 Å². The number of ketones is 2. The van der Waals surface area contributed by atoms with Crippen molar-refractivity contribution in [3.63, 3.8) is 0 Å². The van der Waals surface area contributed by atoms with E-state index in [4.69, 9.17) is 5.73 Å². The Bertz CT molecular complexity index is 1250. The van der Waals surface area contributed by atoms with E-state index in [9.17, 15) is 23.1 Å². The molecule has 0 aliphatic heterocycles. The van der Waals surface area contributed by atoms with Crippen molar-refractivity contribution in [2.45, 2.75) is 38.2 Å². The lowest BCUT2D eigenvalue weighted by Gasteiger charge is -2.15. The molecule has 0 atom stereocenters. The number of nitrogens with two attached hydrogens (primary N) is 1. The summed E-state index contributed by atoms with van der Waals surface area (Å²) < 4.78 is 29.4. The lowest BCUT2D eigenvalue weighted by Crippen LogP contribution is -2.38. The van der Waals surface area contributed by atoms with Gasteiger partial charge >= 0.3 is 0 Å². The van der Waals surface area contributed by atoms with Gasteiger partial charge in [-0.1, -0.05) is 12.1 Å². The Morgan fingerprint density at radius 3 is 2.24 bits per heavy atom. The van der Waals surface area contributed by atoms with Gasteiger partial charge in [-0.2, -0.15) is 8.42 Å². The number of carbonyl (C=O) groups is 2. The Morgan fingerprint density at radius 1 is 1.15 bits per heavy atom. The Labute approximate surface area is 205 Å². The van der Waals surface area contributed by atoms with Crippen LogP contribution in [0.1, 0.15) is 44.6 Å². The zero-order valence-electron chi connectivity index (χ0n) is 19.0. The topological polar surface area (TPSA) is 140 Å². The first-order chi connectivity index (χ1) is 15.2. The first kappa shape index (κ1) is 27.3. The first-order valence-corrected chi connectivity index (χ1v) is 14.2. The number of benzene rings is 1. The molecular formula is C21H25N3O5S4. The molecule has 8 nitrogen and oxygen atoms in total. The second-order valence-corrected chi connectivity index (χ2v) is 12.1. The molecular weight excluding hydrogens is 503 g/mol. The molecule has 0 saturated carbocycles. The zero-order chi connectivity index (χ0) is 25.1. The van der Waals surface area contributed by atoms with Gasteiger partial charge < -0.3 is 10.8 Å². The van der Waals surface area contributed by atoms with Gasteiger partial charge in [-0.25, -0.2) is 4.98 Å². The summed E-state index contributed by atoms with van der Waals surface area (Å²) in [6.45, 7) is 6.09. The van der Waals surface area contributed by atoms with Crippen LogP contribution in [-0.4, -0.2) is 54.0 Å². The number of hydrogen-bond donors (Lipinski definition) is 2. The molecule has 0 amide bonds. The number of amidine groups is 1. The van der Waals surface area contributed by atoms with Gasteiger partial charge in [0, 0.05) is 5.56 Å². The second kappa shape index (κ2) is 10.5. The van der Waals surface area contributed by atoms with Crippen LogP contribution in [0.3, 0.4) is 0 Å². The molecule has 1 aromatic carbocycles. The van der Waals surface area contributed by atoms with Crippen LogP contribution >= 0.6 is 34.9 Å². The molecule has 0 fully saturated rings. The summed E-state index contributed by atoms with van der Waals surface area (Å²) in [6, 6.07) is 5.23. The molecule has 0 aliphatic rings. The third-order valence-corrected chi connectivity index (χ3v) is 8.89. The van der Waals surface area contributed by atoms with E-state index in [1.165, 1.54) is 66.9 Å². The monoisotopic (exact) mass is 527 g/mol. The summed E-state index contributed by atoms with van der Waals surface area (Å²) in [6.07, 6.45) is 3.51. The van der Waals surface area contributed by atoms with Gasteiger partial charge in [-0.3, -0.25) is 9.59 Å². The van der Waals surface area contributed by atoms with E-state index in [2.05, 4.69) is 9.38 Å². The van der Waals surface area contributed by atoms with E-state index in [0.29, 0.717) is 19.8 Å². The Hall–Kier alpha value is -1.99. The van der Waals surface area contributed by atoms with Crippen molar-refractivity contribution in [2.75, 3.05) is 12.5 Å². The molecule has 0 saturated heterocycles. The van der Waals surface area contributed by atoms with Gasteiger partial charge in [0.15, 0.2) is 5.78 Å². The minimum absolute atomic E-state index is 0.0101. The lowest BCUT2D eigenvalue weighted by molar-refractivity contribution is 0.0964. The maximum atomic E-state index is 13.5. The number of aryl methyl sites for hydroxylation is 2. The van der Waals surface area contributed by atoms with E-state index in [0.717, 1.165) is 6.07 Å². The first-order valence-electron chi connectivity index (χ1n) is 9.52. The fraction of sp³-hybridized carbons (Fsp3) is 0.333. The van der Waals surface area contributed by atoms with Crippen molar-refractivity contribution in [3.8, 4) is 0 Å². The van der Waals surface area contributed by atoms with Crippen LogP contribution in [-0.2, 0) is 10.0 Å². The van der Waals surface area contributed by atoms with Crippen LogP contribution in [0.2, 0.25) is 0 Å². The molecule has 3 N–H and O–H groups in total. The van der Waals surface area contributed by atoms with Gasteiger partial charge in [0.1, 0.15) is 11.4 Å². The summed E-state index contributed by atoms with van der Waals surface area (Å²) in [5.41, 5.74) is 4.46. The van der Waals surface area contributed by atoms with Crippen LogP contribution in [0.4, 0.5) is 0 Å². The van der Waals surface area contributed by atoms with Gasteiger partial charge in [-0.15, -0.1) is 39.3 Å². The predicted octanol–water partition coefficient (Wildman–Crippen LogP) is 3.58. The predicted molar refractivity (Wildman–Crippen MR) is 136 cm³/mol. The number of hydrogen-bond acceptors (Lipinski definition) is 9. The third-order valence-electron chi connectivity index (χ3n) is 4.38. The highest BCUT2D eigenvalue weighted by atomic mass is 32.2. The number of aliphatic hydroxyl groups is 1. The smallest absolute Gasteiger partial charge is 0.284 e. The van der Waals surface area contributed by atoms with Crippen LogP contribution < -0.4 is 5.73 Å². The molecule has 0 bridgehead atoms. The summed E-state index contributed by atoms with van der Waals surface area (Å²) in [4.78, 5) is 31.2. The highest BCUT2D eigenvalue weighted by molar-refractivity contribution is 8.21. The zero-order valence-corrected chi connectivity index (χ0v) is 22.3. The van der Waals surface area contributed by atoms with E-state index in [1.807, 2.05) is 0 Å². The summed E-state index contributed by atoms with van der Waals surface area (Å²) in [5, 5.41) is 10.6. The van der Waals surface area contributed by atoms with E-state index < -0.39 is 33.0 Å². The van der Waals surface area contributed by atoms with Crippen LogP contribution in [0.25, 0.3) is 0 Å². The van der Waals surface area contributed by atoms with Crippen molar-refractivity contribution >= 4 is 62.3 Å². The molecule has 0 spiro atoms. The molecule has 0 unspecified atom stereocenters. The van der Waals surface area contributed by atoms with Crippen LogP contribution in [0, 0.1) is 13.8 Å². The molecule has 0 radical (unpaired) electrons. The van der Waals surface area contributed by atoms with E-state index >= 15 is 0 Å². The molecule has 178 valence electrons. The highest BCUT2D eigenvalue weighted by Crippen LogP contribution is 2.33. The van der Waals surface area contributed by atoms with Crippen molar-refractivity contribution in [1.82, 2.24) is 4.98 Å². The number of thiazole rings is 1. The molecule has 0 aliphatic carbocycles. The Balaban J connectivity index is 2.61.